The minimum Gasteiger partial charge on any atom is -0.481 e. The molecule has 1 fully saturated rings. The Bertz CT molecular complexity index is 643. The number of rotatable bonds is 4. The number of carboxylic acid groups (broad SMARTS) is 1. The van der Waals surface area contributed by atoms with Crippen molar-refractivity contribution in [2.24, 2.45) is 17.3 Å². The SMILES string of the molecule is CC1(C)C(C(=O)O)C1C(=O)Nc1ccc(Cl)cc1[N+](=O)[O-]. The summed E-state index contributed by atoms with van der Waals surface area (Å²) in [6, 6.07) is 3.87. The van der Waals surface area contributed by atoms with Gasteiger partial charge in [-0.25, -0.2) is 0 Å². The van der Waals surface area contributed by atoms with Crippen molar-refractivity contribution in [3.8, 4) is 0 Å². The highest BCUT2D eigenvalue weighted by molar-refractivity contribution is 6.31. The number of nitro benzene ring substituents is 1. The normalized spacial score (nSPS) is 22.4. The third-order valence-electron chi connectivity index (χ3n) is 3.79. The predicted molar refractivity (Wildman–Crippen MR) is 75.1 cm³/mol. The fourth-order valence-corrected chi connectivity index (χ4v) is 2.73. The van der Waals surface area contributed by atoms with E-state index in [0.29, 0.717) is 0 Å². The Morgan fingerprint density at radius 2 is 2.00 bits per heavy atom. The van der Waals surface area contributed by atoms with Crippen LogP contribution in [0.2, 0.25) is 5.02 Å². The molecule has 1 saturated carbocycles. The van der Waals surface area contributed by atoms with Crippen LogP contribution < -0.4 is 5.32 Å². The molecular weight excluding hydrogens is 300 g/mol. The van der Waals surface area contributed by atoms with Crippen LogP contribution in [0.25, 0.3) is 0 Å². The molecule has 1 aliphatic carbocycles. The van der Waals surface area contributed by atoms with Crippen molar-refractivity contribution in [1.82, 2.24) is 0 Å². The number of aliphatic carboxylic acids is 1. The average molecular weight is 313 g/mol. The molecule has 0 radical (unpaired) electrons. The van der Waals surface area contributed by atoms with Gasteiger partial charge in [-0.3, -0.25) is 19.7 Å². The average Bonchev–Trinajstić information content (AvgIpc) is 2.94. The number of anilines is 1. The van der Waals surface area contributed by atoms with Crippen LogP contribution in [0.15, 0.2) is 18.2 Å². The minimum absolute atomic E-state index is 0.00115. The molecule has 7 nitrogen and oxygen atoms in total. The Labute approximate surface area is 125 Å². The monoisotopic (exact) mass is 312 g/mol. The first-order valence-electron chi connectivity index (χ1n) is 6.14. The van der Waals surface area contributed by atoms with Gasteiger partial charge >= 0.3 is 5.97 Å². The first-order valence-corrected chi connectivity index (χ1v) is 6.51. The summed E-state index contributed by atoms with van der Waals surface area (Å²) in [6.07, 6.45) is 0. The molecule has 21 heavy (non-hydrogen) atoms. The van der Waals surface area contributed by atoms with Crippen molar-refractivity contribution >= 4 is 34.9 Å². The van der Waals surface area contributed by atoms with Gasteiger partial charge in [-0.15, -0.1) is 0 Å². The molecule has 1 aromatic rings. The number of nitro groups is 1. The fourth-order valence-electron chi connectivity index (χ4n) is 2.56. The summed E-state index contributed by atoms with van der Waals surface area (Å²) in [6.45, 7) is 3.35. The van der Waals surface area contributed by atoms with Gasteiger partial charge in [-0.2, -0.15) is 0 Å². The van der Waals surface area contributed by atoms with Gasteiger partial charge in [0.25, 0.3) is 5.69 Å². The molecule has 1 aliphatic rings. The number of nitrogens with zero attached hydrogens (tertiary/aromatic N) is 1. The number of carbonyl (C=O) groups is 2. The summed E-state index contributed by atoms with van der Waals surface area (Å²) in [5.41, 5.74) is -1.00. The fraction of sp³-hybridized carbons (Fsp3) is 0.385. The van der Waals surface area contributed by atoms with Gasteiger partial charge in [0, 0.05) is 11.1 Å². The van der Waals surface area contributed by atoms with Crippen LogP contribution >= 0.6 is 11.6 Å². The van der Waals surface area contributed by atoms with Crippen molar-refractivity contribution in [2.45, 2.75) is 13.8 Å². The van der Waals surface area contributed by atoms with E-state index in [9.17, 15) is 19.7 Å². The van der Waals surface area contributed by atoms with E-state index in [4.69, 9.17) is 16.7 Å². The number of halogens is 1. The number of benzene rings is 1. The molecular formula is C13H13ClN2O5. The second kappa shape index (κ2) is 5.00. The molecule has 2 rings (SSSR count). The van der Waals surface area contributed by atoms with Crippen molar-refractivity contribution in [3.63, 3.8) is 0 Å². The molecule has 0 aromatic heterocycles. The number of nitrogens with one attached hydrogen (secondary N) is 1. The molecule has 2 atom stereocenters. The molecule has 0 aliphatic heterocycles. The largest absolute Gasteiger partial charge is 0.481 e. The third kappa shape index (κ3) is 2.69. The summed E-state index contributed by atoms with van der Waals surface area (Å²) in [7, 11) is 0. The van der Waals surface area contributed by atoms with E-state index in [1.165, 1.54) is 12.1 Å². The Balaban J connectivity index is 2.22. The summed E-state index contributed by atoms with van der Waals surface area (Å²) in [4.78, 5) is 33.5. The smallest absolute Gasteiger partial charge is 0.307 e. The molecule has 0 bridgehead atoms. The number of amides is 1. The van der Waals surface area contributed by atoms with Crippen LogP contribution in [-0.2, 0) is 9.59 Å². The van der Waals surface area contributed by atoms with Crippen LogP contribution in [0.1, 0.15) is 13.8 Å². The van der Waals surface area contributed by atoms with Crippen LogP contribution in [0.5, 0.6) is 0 Å². The summed E-state index contributed by atoms with van der Waals surface area (Å²) < 4.78 is 0. The highest BCUT2D eigenvalue weighted by atomic mass is 35.5. The Morgan fingerprint density at radius 1 is 1.38 bits per heavy atom. The molecule has 1 amide bonds. The molecule has 0 spiro atoms. The van der Waals surface area contributed by atoms with E-state index in [0.717, 1.165) is 6.07 Å². The lowest BCUT2D eigenvalue weighted by Crippen LogP contribution is -2.18. The van der Waals surface area contributed by atoms with E-state index in [1.54, 1.807) is 13.8 Å². The van der Waals surface area contributed by atoms with Gasteiger partial charge < -0.3 is 10.4 Å². The quantitative estimate of drug-likeness (QED) is 0.655. The van der Waals surface area contributed by atoms with Crippen LogP contribution in [-0.4, -0.2) is 21.9 Å². The second-order valence-electron chi connectivity index (χ2n) is 5.52. The Hall–Kier alpha value is -2.15. The zero-order valence-corrected chi connectivity index (χ0v) is 12.0. The standard InChI is InChI=1S/C13H13ClN2O5/c1-13(2)9(10(13)12(18)19)11(17)15-7-4-3-6(14)5-8(7)16(20)21/h3-5,9-10H,1-2H3,(H,15,17)(H,18,19). The maximum atomic E-state index is 12.1. The predicted octanol–water partition coefficient (Wildman–Crippen LogP) is 2.54. The lowest BCUT2D eigenvalue weighted by molar-refractivity contribution is -0.383. The van der Waals surface area contributed by atoms with Crippen molar-refractivity contribution < 1.29 is 19.6 Å². The maximum Gasteiger partial charge on any atom is 0.307 e. The van der Waals surface area contributed by atoms with Crippen molar-refractivity contribution in [1.29, 1.82) is 0 Å². The van der Waals surface area contributed by atoms with E-state index >= 15 is 0 Å². The van der Waals surface area contributed by atoms with Crippen molar-refractivity contribution in [3.05, 3.63) is 33.3 Å². The highest BCUT2D eigenvalue weighted by Crippen LogP contribution is 2.58. The number of hydrogen-bond acceptors (Lipinski definition) is 4. The maximum absolute atomic E-state index is 12.1. The first kappa shape index (κ1) is 15.2. The van der Waals surface area contributed by atoms with Gasteiger partial charge in [-0.05, 0) is 17.5 Å². The lowest BCUT2D eigenvalue weighted by Gasteiger charge is -2.07. The lowest BCUT2D eigenvalue weighted by atomic mass is 10.1. The van der Waals surface area contributed by atoms with Gasteiger partial charge in [0.1, 0.15) is 5.69 Å². The number of carbonyl (C=O) groups excluding carboxylic acids is 1. The van der Waals surface area contributed by atoms with E-state index in [2.05, 4.69) is 5.32 Å². The van der Waals surface area contributed by atoms with Gasteiger partial charge in [0.15, 0.2) is 0 Å². The van der Waals surface area contributed by atoms with Crippen LogP contribution in [0, 0.1) is 27.4 Å². The molecule has 1 aromatic carbocycles. The Morgan fingerprint density at radius 3 is 2.48 bits per heavy atom. The zero-order chi connectivity index (χ0) is 15.9. The van der Waals surface area contributed by atoms with E-state index < -0.39 is 34.1 Å². The van der Waals surface area contributed by atoms with Gasteiger partial charge in [0.2, 0.25) is 5.91 Å². The summed E-state index contributed by atoms with van der Waals surface area (Å²) in [5.74, 6) is -3.10. The van der Waals surface area contributed by atoms with Gasteiger partial charge in [0.05, 0.1) is 16.8 Å². The minimum atomic E-state index is -1.05. The molecule has 8 heteroatoms. The molecule has 2 N–H and O–H groups in total. The highest BCUT2D eigenvalue weighted by Gasteiger charge is 2.66. The third-order valence-corrected chi connectivity index (χ3v) is 4.03. The van der Waals surface area contributed by atoms with E-state index in [1.807, 2.05) is 0 Å². The molecule has 0 heterocycles. The van der Waals surface area contributed by atoms with Gasteiger partial charge in [-0.1, -0.05) is 25.4 Å². The summed E-state index contributed by atoms with van der Waals surface area (Å²) in [5, 5.41) is 22.6. The van der Waals surface area contributed by atoms with Crippen LogP contribution in [0.4, 0.5) is 11.4 Å². The second-order valence-corrected chi connectivity index (χ2v) is 5.96. The van der Waals surface area contributed by atoms with Crippen molar-refractivity contribution in [2.75, 3.05) is 5.32 Å². The number of hydrogen-bond donors (Lipinski definition) is 2. The summed E-state index contributed by atoms with van der Waals surface area (Å²) >= 11 is 5.69. The first-order chi connectivity index (χ1) is 9.66. The molecule has 112 valence electrons. The number of carboxylic acids is 1. The Kier molecular flexibility index (Phi) is 3.63. The molecule has 0 saturated heterocycles. The van der Waals surface area contributed by atoms with E-state index in [-0.39, 0.29) is 16.4 Å². The zero-order valence-electron chi connectivity index (χ0n) is 11.3. The molecule has 2 unspecified atom stereocenters. The topological polar surface area (TPSA) is 110 Å². The van der Waals surface area contributed by atoms with Crippen LogP contribution in [0.3, 0.4) is 0 Å².